The molecule has 2 rings (SSSR count). The van der Waals surface area contributed by atoms with E-state index in [9.17, 15) is 9.90 Å². The Bertz CT molecular complexity index is 612. The van der Waals surface area contributed by atoms with E-state index in [2.05, 4.69) is 10.2 Å². The summed E-state index contributed by atoms with van der Waals surface area (Å²) in [5, 5.41) is 26.3. The van der Waals surface area contributed by atoms with E-state index in [1.54, 1.807) is 11.7 Å². The van der Waals surface area contributed by atoms with Crippen molar-refractivity contribution in [1.29, 1.82) is 0 Å². The third-order valence-electron chi connectivity index (χ3n) is 2.76. The van der Waals surface area contributed by atoms with Gasteiger partial charge < -0.3 is 14.9 Å². The van der Waals surface area contributed by atoms with Crippen LogP contribution in [0.25, 0.3) is 0 Å². The predicted octanol–water partition coefficient (Wildman–Crippen LogP) is 1.00. The number of hydrogen-bond donors (Lipinski definition) is 2. The number of nitrogens with zero attached hydrogens (tertiary/aromatic N) is 3. The molecule has 0 aliphatic rings. The van der Waals surface area contributed by atoms with E-state index >= 15 is 0 Å². The molecule has 0 saturated carbocycles. The normalized spacial score (nSPS) is 10.6. The Morgan fingerprint density at radius 2 is 2.05 bits per heavy atom. The molecule has 0 fully saturated rings. The van der Waals surface area contributed by atoms with Crippen LogP contribution in [-0.2, 0) is 17.9 Å². The summed E-state index contributed by atoms with van der Waals surface area (Å²) in [6.45, 7) is 0.200. The number of thioether (sulfide) groups is 1. The van der Waals surface area contributed by atoms with Gasteiger partial charge in [-0.15, -0.1) is 10.2 Å². The molecule has 0 aliphatic carbocycles. The van der Waals surface area contributed by atoms with Crippen molar-refractivity contribution in [3.8, 4) is 5.75 Å². The fourth-order valence-corrected chi connectivity index (χ4v) is 2.42. The second-order valence-electron chi connectivity index (χ2n) is 4.17. The van der Waals surface area contributed by atoms with Crippen LogP contribution in [0.4, 0.5) is 0 Å². The molecule has 0 saturated heterocycles. The lowest BCUT2D eigenvalue weighted by atomic mass is 10.2. The molecule has 0 unspecified atom stereocenters. The lowest BCUT2D eigenvalue weighted by Gasteiger charge is -2.09. The van der Waals surface area contributed by atoms with Crippen LogP contribution in [0.3, 0.4) is 0 Å². The molecule has 21 heavy (non-hydrogen) atoms. The highest BCUT2D eigenvalue weighted by molar-refractivity contribution is 7.99. The van der Waals surface area contributed by atoms with Gasteiger partial charge in [0.1, 0.15) is 12.4 Å². The van der Waals surface area contributed by atoms with Crippen molar-refractivity contribution in [2.24, 2.45) is 0 Å². The van der Waals surface area contributed by atoms with Crippen molar-refractivity contribution in [1.82, 2.24) is 14.8 Å². The molecular weight excluding hydrogens is 294 g/mol. The van der Waals surface area contributed by atoms with Crippen LogP contribution in [0, 0.1) is 0 Å². The Kier molecular flexibility index (Phi) is 5.18. The quantitative estimate of drug-likeness (QED) is 0.736. The summed E-state index contributed by atoms with van der Waals surface area (Å²) in [6.07, 6.45) is 0. The van der Waals surface area contributed by atoms with Gasteiger partial charge in [0.05, 0.1) is 19.4 Å². The van der Waals surface area contributed by atoms with Gasteiger partial charge >= 0.3 is 5.97 Å². The molecule has 8 heteroatoms. The van der Waals surface area contributed by atoms with Gasteiger partial charge in [-0.3, -0.25) is 9.36 Å². The van der Waals surface area contributed by atoms with Crippen LogP contribution in [0.15, 0.2) is 29.4 Å². The lowest BCUT2D eigenvalue weighted by Crippen LogP contribution is -2.08. The second-order valence-corrected chi connectivity index (χ2v) is 5.12. The third kappa shape index (κ3) is 3.96. The zero-order valence-corrected chi connectivity index (χ0v) is 12.2. The first kappa shape index (κ1) is 15.3. The van der Waals surface area contributed by atoms with E-state index in [1.807, 2.05) is 24.3 Å². The topological polar surface area (TPSA) is 97.5 Å². The molecule has 1 aromatic carbocycles. The number of aliphatic hydroxyl groups excluding tert-OH is 1. The standard InChI is InChI=1S/C13H15N3O4S/c1-20-10-4-2-9(3-5-10)6-16-11(7-17)14-15-13(16)21-8-12(18)19/h2-5,17H,6-8H2,1H3,(H,18,19). The van der Waals surface area contributed by atoms with Crippen LogP contribution >= 0.6 is 11.8 Å². The molecule has 1 heterocycles. The van der Waals surface area contributed by atoms with E-state index in [4.69, 9.17) is 9.84 Å². The fraction of sp³-hybridized carbons (Fsp3) is 0.308. The Balaban J connectivity index is 2.19. The Labute approximate surface area is 125 Å². The number of ether oxygens (including phenoxy) is 1. The van der Waals surface area contributed by atoms with Crippen LogP contribution in [0.5, 0.6) is 5.75 Å². The molecule has 0 atom stereocenters. The molecule has 112 valence electrons. The first-order valence-corrected chi connectivity index (χ1v) is 7.13. The highest BCUT2D eigenvalue weighted by Crippen LogP contribution is 2.20. The Morgan fingerprint density at radius 3 is 2.62 bits per heavy atom. The summed E-state index contributed by atoms with van der Waals surface area (Å²) in [4.78, 5) is 10.6. The predicted molar refractivity (Wildman–Crippen MR) is 76.4 cm³/mol. The van der Waals surface area contributed by atoms with E-state index in [0.717, 1.165) is 23.1 Å². The van der Waals surface area contributed by atoms with Crippen molar-refractivity contribution in [3.05, 3.63) is 35.7 Å². The average Bonchev–Trinajstić information content (AvgIpc) is 2.88. The van der Waals surface area contributed by atoms with Crippen molar-refractivity contribution < 1.29 is 19.7 Å². The zero-order valence-electron chi connectivity index (χ0n) is 11.4. The highest BCUT2D eigenvalue weighted by Gasteiger charge is 2.13. The molecule has 0 radical (unpaired) electrons. The number of benzene rings is 1. The molecule has 0 spiro atoms. The van der Waals surface area contributed by atoms with Gasteiger partial charge in [0.15, 0.2) is 11.0 Å². The molecular formula is C13H15N3O4S. The largest absolute Gasteiger partial charge is 0.497 e. The monoisotopic (exact) mass is 309 g/mol. The van der Waals surface area contributed by atoms with Crippen molar-refractivity contribution in [3.63, 3.8) is 0 Å². The van der Waals surface area contributed by atoms with Gasteiger partial charge in [0, 0.05) is 0 Å². The number of methoxy groups -OCH3 is 1. The van der Waals surface area contributed by atoms with Gasteiger partial charge in [-0.1, -0.05) is 23.9 Å². The number of aliphatic hydroxyl groups is 1. The van der Waals surface area contributed by atoms with Gasteiger partial charge in [0.2, 0.25) is 0 Å². The van der Waals surface area contributed by atoms with Crippen molar-refractivity contribution >= 4 is 17.7 Å². The maximum atomic E-state index is 10.6. The van der Waals surface area contributed by atoms with E-state index in [-0.39, 0.29) is 12.4 Å². The molecule has 0 aliphatic heterocycles. The van der Waals surface area contributed by atoms with Crippen molar-refractivity contribution in [2.45, 2.75) is 18.3 Å². The third-order valence-corrected chi connectivity index (χ3v) is 3.71. The van der Waals surface area contributed by atoms with Crippen LogP contribution in [-0.4, -0.2) is 43.8 Å². The van der Waals surface area contributed by atoms with E-state index < -0.39 is 5.97 Å². The van der Waals surface area contributed by atoms with Gasteiger partial charge in [-0.2, -0.15) is 0 Å². The zero-order chi connectivity index (χ0) is 15.2. The van der Waals surface area contributed by atoms with Gasteiger partial charge in [-0.25, -0.2) is 0 Å². The SMILES string of the molecule is COc1ccc(Cn2c(CO)nnc2SCC(=O)O)cc1. The number of aliphatic carboxylic acids is 1. The van der Waals surface area contributed by atoms with Gasteiger partial charge in [-0.05, 0) is 17.7 Å². The highest BCUT2D eigenvalue weighted by atomic mass is 32.2. The first-order chi connectivity index (χ1) is 10.1. The minimum Gasteiger partial charge on any atom is -0.497 e. The minimum atomic E-state index is -0.926. The number of carboxylic acids is 1. The number of rotatable bonds is 7. The fourth-order valence-electron chi connectivity index (χ4n) is 1.74. The second kappa shape index (κ2) is 7.09. The smallest absolute Gasteiger partial charge is 0.313 e. The number of aromatic nitrogens is 3. The summed E-state index contributed by atoms with van der Waals surface area (Å²) >= 11 is 1.07. The van der Waals surface area contributed by atoms with Crippen LogP contribution in [0.2, 0.25) is 0 Å². The van der Waals surface area contributed by atoms with E-state index in [0.29, 0.717) is 17.5 Å². The Hall–Kier alpha value is -2.06. The number of hydrogen-bond acceptors (Lipinski definition) is 6. The summed E-state index contributed by atoms with van der Waals surface area (Å²) in [5.74, 6) is 0.125. The van der Waals surface area contributed by atoms with Gasteiger partial charge in [0.25, 0.3) is 0 Å². The lowest BCUT2D eigenvalue weighted by molar-refractivity contribution is -0.133. The van der Waals surface area contributed by atoms with Crippen LogP contribution < -0.4 is 4.74 Å². The molecule has 0 bridgehead atoms. The first-order valence-electron chi connectivity index (χ1n) is 6.14. The average molecular weight is 309 g/mol. The summed E-state index contributed by atoms with van der Waals surface area (Å²) < 4.78 is 6.80. The summed E-state index contributed by atoms with van der Waals surface area (Å²) in [6, 6.07) is 7.46. The molecule has 1 aromatic heterocycles. The van der Waals surface area contributed by atoms with E-state index in [1.165, 1.54) is 0 Å². The maximum Gasteiger partial charge on any atom is 0.313 e. The Morgan fingerprint density at radius 1 is 1.33 bits per heavy atom. The minimum absolute atomic E-state index is 0.105. The number of carbonyl (C=O) groups is 1. The van der Waals surface area contributed by atoms with Crippen LogP contribution in [0.1, 0.15) is 11.4 Å². The maximum absolute atomic E-state index is 10.6. The summed E-state index contributed by atoms with van der Waals surface area (Å²) in [5.41, 5.74) is 0.975. The molecule has 2 N–H and O–H groups in total. The summed E-state index contributed by atoms with van der Waals surface area (Å²) in [7, 11) is 1.60. The molecule has 2 aromatic rings. The molecule has 0 amide bonds. The van der Waals surface area contributed by atoms with Crippen molar-refractivity contribution in [2.75, 3.05) is 12.9 Å². The number of carboxylic acid groups (broad SMARTS) is 1. The molecule has 7 nitrogen and oxygen atoms in total.